The van der Waals surface area contributed by atoms with Crippen LogP contribution in [-0.4, -0.2) is 16.8 Å². The molecular formula is C21H28O4. The van der Waals surface area contributed by atoms with Gasteiger partial charge in [0.2, 0.25) is 0 Å². The fourth-order valence-electron chi connectivity index (χ4n) is 3.28. The molecule has 0 spiro atoms. The number of aryl methyl sites for hydroxylation is 2. The zero-order chi connectivity index (χ0) is 18.2. The van der Waals surface area contributed by atoms with Gasteiger partial charge in [-0.15, -0.1) is 0 Å². The number of hydrogen-bond acceptors (Lipinski definition) is 4. The highest BCUT2D eigenvalue weighted by molar-refractivity contribution is 5.23. The van der Waals surface area contributed by atoms with Crippen LogP contribution in [0.5, 0.6) is 0 Å². The van der Waals surface area contributed by atoms with Crippen LogP contribution >= 0.6 is 0 Å². The summed E-state index contributed by atoms with van der Waals surface area (Å²) in [5, 5.41) is 10.9. The van der Waals surface area contributed by atoms with Crippen molar-refractivity contribution in [2.45, 2.75) is 65.1 Å². The van der Waals surface area contributed by atoms with Crippen LogP contribution in [0, 0.1) is 19.8 Å². The maximum Gasteiger partial charge on any atom is 0.124 e. The third-order valence-corrected chi connectivity index (χ3v) is 5.13. The second-order valence-electron chi connectivity index (χ2n) is 7.47. The fourth-order valence-corrected chi connectivity index (χ4v) is 3.28. The minimum Gasteiger partial charge on any atom is -0.492 e. The van der Waals surface area contributed by atoms with Crippen LogP contribution < -0.4 is 0 Å². The Hall–Kier alpha value is -1.94. The molecule has 1 aliphatic heterocycles. The summed E-state index contributed by atoms with van der Waals surface area (Å²) in [5.74, 6) is 4.46. The van der Waals surface area contributed by atoms with Crippen LogP contribution in [0.15, 0.2) is 44.9 Å². The summed E-state index contributed by atoms with van der Waals surface area (Å²) >= 11 is 0. The Labute approximate surface area is 149 Å². The first-order valence-electron chi connectivity index (χ1n) is 9.00. The molecule has 136 valence electrons. The normalized spacial score (nSPS) is 22.8. The first-order chi connectivity index (χ1) is 11.8. The predicted octanol–water partition coefficient (Wildman–Crippen LogP) is 5.09. The monoisotopic (exact) mass is 344 g/mol. The Kier molecular flexibility index (Phi) is 4.83. The van der Waals surface area contributed by atoms with Crippen molar-refractivity contribution < 1.29 is 18.7 Å². The summed E-state index contributed by atoms with van der Waals surface area (Å²) < 4.78 is 17.5. The Morgan fingerprint density at radius 1 is 1.04 bits per heavy atom. The van der Waals surface area contributed by atoms with E-state index in [4.69, 9.17) is 13.6 Å². The molecule has 0 fully saturated rings. The van der Waals surface area contributed by atoms with Gasteiger partial charge in [0.15, 0.2) is 0 Å². The smallest absolute Gasteiger partial charge is 0.124 e. The average Bonchev–Trinajstić information content (AvgIpc) is 3.23. The minimum absolute atomic E-state index is 0.0225. The molecule has 0 saturated carbocycles. The lowest BCUT2D eigenvalue weighted by molar-refractivity contribution is 0.00259. The largest absolute Gasteiger partial charge is 0.492 e. The summed E-state index contributed by atoms with van der Waals surface area (Å²) in [4.78, 5) is 0. The van der Waals surface area contributed by atoms with E-state index < -0.39 is 5.60 Å². The molecule has 0 bridgehead atoms. The molecule has 3 atom stereocenters. The number of rotatable bonds is 6. The number of aliphatic hydroxyl groups is 1. The van der Waals surface area contributed by atoms with E-state index in [0.29, 0.717) is 24.5 Å². The van der Waals surface area contributed by atoms with Gasteiger partial charge in [0.05, 0.1) is 5.92 Å². The minimum atomic E-state index is -0.999. The maximum atomic E-state index is 10.9. The Morgan fingerprint density at radius 3 is 2.00 bits per heavy atom. The summed E-state index contributed by atoms with van der Waals surface area (Å²) in [6.07, 6.45) is 3.41. The van der Waals surface area contributed by atoms with Gasteiger partial charge in [-0.3, -0.25) is 0 Å². The second kappa shape index (κ2) is 6.75. The second-order valence-corrected chi connectivity index (χ2v) is 7.47. The molecule has 0 saturated heterocycles. The maximum absolute atomic E-state index is 10.9. The molecule has 1 N–H and O–H groups in total. The standard InChI is InChI=1S/C21H28O4/c1-13-12-20(25-16(13)4)21(5,22)11-10-17(18-8-6-14(2)23-18)19-9-7-15(3)24-19/h6-9,12-13,16-17,22H,10-11H2,1-5H3/t13?,16-,21?/m1/s1. The zero-order valence-corrected chi connectivity index (χ0v) is 15.7. The summed E-state index contributed by atoms with van der Waals surface area (Å²) in [6, 6.07) is 7.90. The van der Waals surface area contributed by atoms with Crippen molar-refractivity contribution in [1.29, 1.82) is 0 Å². The molecule has 3 heterocycles. The van der Waals surface area contributed by atoms with Crippen molar-refractivity contribution in [3.05, 3.63) is 59.1 Å². The summed E-state index contributed by atoms with van der Waals surface area (Å²) in [7, 11) is 0. The molecule has 0 amide bonds. The van der Waals surface area contributed by atoms with Crippen LogP contribution in [0.2, 0.25) is 0 Å². The van der Waals surface area contributed by atoms with Gasteiger partial charge >= 0.3 is 0 Å². The molecule has 4 nitrogen and oxygen atoms in total. The molecule has 0 aromatic carbocycles. The van der Waals surface area contributed by atoms with Gasteiger partial charge in [0, 0.05) is 5.92 Å². The van der Waals surface area contributed by atoms with Crippen molar-refractivity contribution in [2.75, 3.05) is 0 Å². The van der Waals surface area contributed by atoms with Crippen molar-refractivity contribution in [1.82, 2.24) is 0 Å². The van der Waals surface area contributed by atoms with Gasteiger partial charge in [-0.05, 0) is 70.9 Å². The van der Waals surface area contributed by atoms with Gasteiger partial charge in [-0.25, -0.2) is 0 Å². The van der Waals surface area contributed by atoms with E-state index in [2.05, 4.69) is 6.92 Å². The Balaban J connectivity index is 1.78. The van der Waals surface area contributed by atoms with Gasteiger partial charge in [-0.1, -0.05) is 6.92 Å². The molecule has 2 aromatic heterocycles. The van der Waals surface area contributed by atoms with Crippen molar-refractivity contribution >= 4 is 0 Å². The predicted molar refractivity (Wildman–Crippen MR) is 96.4 cm³/mol. The lowest BCUT2D eigenvalue weighted by Gasteiger charge is -2.26. The molecular weight excluding hydrogens is 316 g/mol. The highest BCUT2D eigenvalue weighted by Crippen LogP contribution is 2.38. The quantitative estimate of drug-likeness (QED) is 0.793. The molecule has 2 aromatic rings. The average molecular weight is 344 g/mol. The zero-order valence-electron chi connectivity index (χ0n) is 15.7. The van der Waals surface area contributed by atoms with Crippen LogP contribution in [0.1, 0.15) is 62.6 Å². The van der Waals surface area contributed by atoms with Gasteiger partial charge in [0.1, 0.15) is 40.5 Å². The van der Waals surface area contributed by atoms with E-state index in [0.717, 1.165) is 23.0 Å². The summed E-state index contributed by atoms with van der Waals surface area (Å²) in [5.41, 5.74) is -0.999. The van der Waals surface area contributed by atoms with Crippen LogP contribution in [0.25, 0.3) is 0 Å². The van der Waals surface area contributed by atoms with E-state index in [9.17, 15) is 5.11 Å². The highest BCUT2D eigenvalue weighted by atomic mass is 16.5. The molecule has 1 aliphatic rings. The SMILES string of the molecule is Cc1ccc(C(CCC(C)(O)C2=CC(C)[C@@H](C)O2)c2ccc(C)o2)o1. The first-order valence-corrected chi connectivity index (χ1v) is 9.00. The lowest BCUT2D eigenvalue weighted by Crippen LogP contribution is -2.28. The van der Waals surface area contributed by atoms with Crippen molar-refractivity contribution in [2.24, 2.45) is 5.92 Å². The Bertz CT molecular complexity index is 709. The number of hydrogen-bond donors (Lipinski definition) is 1. The number of ether oxygens (including phenoxy) is 1. The number of furan rings is 2. The van der Waals surface area contributed by atoms with Gasteiger partial charge in [0.25, 0.3) is 0 Å². The first kappa shape index (κ1) is 17.9. The third kappa shape index (κ3) is 3.84. The Morgan fingerprint density at radius 2 is 1.60 bits per heavy atom. The highest BCUT2D eigenvalue weighted by Gasteiger charge is 2.36. The van der Waals surface area contributed by atoms with E-state index in [1.807, 2.05) is 58.0 Å². The molecule has 25 heavy (non-hydrogen) atoms. The van der Waals surface area contributed by atoms with Crippen molar-refractivity contribution in [3.63, 3.8) is 0 Å². The van der Waals surface area contributed by atoms with Crippen molar-refractivity contribution in [3.8, 4) is 0 Å². The van der Waals surface area contributed by atoms with E-state index in [-0.39, 0.29) is 12.0 Å². The van der Waals surface area contributed by atoms with Crippen LogP contribution in [-0.2, 0) is 4.74 Å². The van der Waals surface area contributed by atoms with E-state index in [1.54, 1.807) is 0 Å². The van der Waals surface area contributed by atoms with Gasteiger partial charge in [-0.2, -0.15) is 0 Å². The molecule has 0 radical (unpaired) electrons. The molecule has 3 rings (SSSR count). The lowest BCUT2D eigenvalue weighted by atomic mass is 9.89. The van der Waals surface area contributed by atoms with E-state index >= 15 is 0 Å². The molecule has 2 unspecified atom stereocenters. The topological polar surface area (TPSA) is 55.7 Å². The van der Waals surface area contributed by atoms with Crippen LogP contribution in [0.4, 0.5) is 0 Å². The molecule has 0 aliphatic carbocycles. The third-order valence-electron chi connectivity index (χ3n) is 5.13. The van der Waals surface area contributed by atoms with E-state index in [1.165, 1.54) is 0 Å². The fraction of sp³-hybridized carbons (Fsp3) is 0.524. The van der Waals surface area contributed by atoms with Gasteiger partial charge < -0.3 is 18.7 Å². The summed E-state index contributed by atoms with van der Waals surface area (Å²) in [6.45, 7) is 9.83. The van der Waals surface area contributed by atoms with Crippen LogP contribution in [0.3, 0.4) is 0 Å². The molecule has 4 heteroatoms.